The number of carbonyl (C=O) groups is 1. The maximum absolute atomic E-state index is 11.4. The molecule has 0 radical (unpaired) electrons. The first-order valence-corrected chi connectivity index (χ1v) is 9.78. The molecule has 0 saturated carbocycles. The molecule has 0 amide bonds. The zero-order valence-corrected chi connectivity index (χ0v) is 14.3. The molecule has 1 aromatic carbocycles. The number of imidazole rings is 1. The SMILES string of the molecule is CS(=O)(=O)CCn1c(SCC(=O)O)nc2ccc(Br)cc21. The van der Waals surface area contributed by atoms with E-state index in [-0.39, 0.29) is 18.1 Å². The molecule has 0 aliphatic carbocycles. The molecule has 1 heterocycles. The molecule has 0 spiro atoms. The van der Waals surface area contributed by atoms with E-state index in [2.05, 4.69) is 20.9 Å². The van der Waals surface area contributed by atoms with E-state index in [9.17, 15) is 13.2 Å². The van der Waals surface area contributed by atoms with E-state index in [0.717, 1.165) is 21.8 Å². The third kappa shape index (κ3) is 4.45. The first kappa shape index (κ1) is 16.3. The van der Waals surface area contributed by atoms with Gasteiger partial charge in [-0.25, -0.2) is 13.4 Å². The van der Waals surface area contributed by atoms with Gasteiger partial charge in [0.25, 0.3) is 0 Å². The second kappa shape index (κ2) is 6.37. The molecule has 0 aliphatic heterocycles. The van der Waals surface area contributed by atoms with E-state index in [1.807, 2.05) is 12.1 Å². The topological polar surface area (TPSA) is 89.3 Å². The number of fused-ring (bicyclic) bond motifs is 1. The molecule has 21 heavy (non-hydrogen) atoms. The van der Waals surface area contributed by atoms with E-state index in [4.69, 9.17) is 5.11 Å². The van der Waals surface area contributed by atoms with Crippen LogP contribution in [0, 0.1) is 0 Å². The number of carboxylic acid groups (broad SMARTS) is 1. The number of aryl methyl sites for hydroxylation is 1. The molecule has 1 N–H and O–H groups in total. The number of hydrogen-bond donors (Lipinski definition) is 1. The summed E-state index contributed by atoms with van der Waals surface area (Å²) in [5, 5.41) is 9.29. The minimum atomic E-state index is -3.11. The molecular formula is C12H13BrN2O4S2. The van der Waals surface area contributed by atoms with Crippen LogP contribution in [-0.2, 0) is 21.2 Å². The molecule has 0 aliphatic rings. The smallest absolute Gasteiger partial charge is 0.313 e. The van der Waals surface area contributed by atoms with Crippen LogP contribution in [0.15, 0.2) is 27.8 Å². The molecule has 114 valence electrons. The van der Waals surface area contributed by atoms with Crippen LogP contribution in [0.4, 0.5) is 0 Å². The number of aliphatic carboxylic acids is 1. The molecule has 2 rings (SSSR count). The van der Waals surface area contributed by atoms with E-state index < -0.39 is 15.8 Å². The zero-order valence-electron chi connectivity index (χ0n) is 11.1. The summed E-state index contributed by atoms with van der Waals surface area (Å²) in [7, 11) is -3.11. The molecule has 2 aromatic rings. The van der Waals surface area contributed by atoms with Gasteiger partial charge in [-0.05, 0) is 18.2 Å². The Balaban J connectivity index is 2.42. The Morgan fingerprint density at radius 2 is 2.19 bits per heavy atom. The van der Waals surface area contributed by atoms with Crippen LogP contribution in [0.3, 0.4) is 0 Å². The van der Waals surface area contributed by atoms with Crippen molar-refractivity contribution in [3.8, 4) is 0 Å². The molecule has 0 bridgehead atoms. The van der Waals surface area contributed by atoms with Crippen LogP contribution in [0.25, 0.3) is 11.0 Å². The zero-order chi connectivity index (χ0) is 15.6. The predicted molar refractivity (Wildman–Crippen MR) is 85.5 cm³/mol. The Morgan fingerprint density at radius 1 is 1.48 bits per heavy atom. The quantitative estimate of drug-likeness (QED) is 0.756. The first-order valence-electron chi connectivity index (χ1n) is 5.94. The van der Waals surface area contributed by atoms with Gasteiger partial charge in [0.05, 0.1) is 22.5 Å². The number of sulfone groups is 1. The molecule has 1 aromatic heterocycles. The normalized spacial score (nSPS) is 11.9. The predicted octanol–water partition coefficient (Wildman–Crippen LogP) is 2.02. The standard InChI is InChI=1S/C12H13BrN2O4S2/c1-21(18,19)5-4-15-10-6-8(13)2-3-9(10)14-12(15)20-7-11(16)17/h2-3,6H,4-5,7H2,1H3,(H,16,17). The van der Waals surface area contributed by atoms with Crippen molar-refractivity contribution in [3.63, 3.8) is 0 Å². The first-order chi connectivity index (χ1) is 9.76. The van der Waals surface area contributed by atoms with Crippen LogP contribution in [0.1, 0.15) is 0 Å². The molecule has 0 unspecified atom stereocenters. The van der Waals surface area contributed by atoms with Crippen molar-refractivity contribution in [2.45, 2.75) is 11.7 Å². The largest absolute Gasteiger partial charge is 0.481 e. The van der Waals surface area contributed by atoms with Crippen molar-refractivity contribution in [3.05, 3.63) is 22.7 Å². The molecular weight excluding hydrogens is 380 g/mol. The van der Waals surface area contributed by atoms with Crippen molar-refractivity contribution in [1.29, 1.82) is 0 Å². The van der Waals surface area contributed by atoms with Crippen molar-refractivity contribution in [1.82, 2.24) is 9.55 Å². The number of nitrogens with zero attached hydrogens (tertiary/aromatic N) is 2. The fraction of sp³-hybridized carbons (Fsp3) is 0.333. The molecule has 6 nitrogen and oxygen atoms in total. The van der Waals surface area contributed by atoms with Crippen molar-refractivity contribution in [2.24, 2.45) is 0 Å². The third-order valence-corrected chi connectivity index (χ3v) is 5.06. The summed E-state index contributed by atoms with van der Waals surface area (Å²) in [5.41, 5.74) is 1.49. The van der Waals surface area contributed by atoms with E-state index in [1.165, 1.54) is 6.26 Å². The van der Waals surface area contributed by atoms with Gasteiger partial charge in [-0.15, -0.1) is 0 Å². The summed E-state index contributed by atoms with van der Waals surface area (Å²) in [6.07, 6.45) is 1.17. The highest BCUT2D eigenvalue weighted by Gasteiger charge is 2.14. The van der Waals surface area contributed by atoms with Crippen LogP contribution >= 0.6 is 27.7 Å². The van der Waals surface area contributed by atoms with Crippen LogP contribution in [0.2, 0.25) is 0 Å². The van der Waals surface area contributed by atoms with E-state index in [0.29, 0.717) is 10.7 Å². The molecule has 0 saturated heterocycles. The third-order valence-electron chi connectivity index (χ3n) is 2.69. The Kier molecular flexibility index (Phi) is 4.95. The highest BCUT2D eigenvalue weighted by atomic mass is 79.9. The molecule has 0 fully saturated rings. The van der Waals surface area contributed by atoms with Gasteiger partial charge in [-0.3, -0.25) is 4.79 Å². The van der Waals surface area contributed by atoms with Gasteiger partial charge in [-0.2, -0.15) is 0 Å². The van der Waals surface area contributed by atoms with Gasteiger partial charge in [0.2, 0.25) is 0 Å². The summed E-state index contributed by atoms with van der Waals surface area (Å²) in [5.74, 6) is -1.09. The van der Waals surface area contributed by atoms with Gasteiger partial charge < -0.3 is 9.67 Å². The average Bonchev–Trinajstić information content (AvgIpc) is 2.70. The van der Waals surface area contributed by atoms with Gasteiger partial charge in [0.15, 0.2) is 5.16 Å². The van der Waals surface area contributed by atoms with Gasteiger partial charge in [0, 0.05) is 17.3 Å². The fourth-order valence-corrected chi connectivity index (χ4v) is 3.41. The molecule has 0 atom stereocenters. The van der Waals surface area contributed by atoms with Crippen LogP contribution in [-0.4, -0.2) is 46.8 Å². The summed E-state index contributed by atoms with van der Waals surface area (Å²) < 4.78 is 25.3. The van der Waals surface area contributed by atoms with Crippen molar-refractivity contribution >= 4 is 54.5 Å². The monoisotopic (exact) mass is 392 g/mol. The highest BCUT2D eigenvalue weighted by Crippen LogP contribution is 2.26. The van der Waals surface area contributed by atoms with E-state index >= 15 is 0 Å². The number of thioether (sulfide) groups is 1. The number of benzene rings is 1. The summed E-state index contributed by atoms with van der Waals surface area (Å²) in [4.78, 5) is 15.1. The molecule has 9 heteroatoms. The Labute approximate surface area is 134 Å². The number of rotatable bonds is 6. The Morgan fingerprint density at radius 3 is 2.81 bits per heavy atom. The summed E-state index contributed by atoms with van der Waals surface area (Å²) >= 11 is 4.45. The van der Waals surface area contributed by atoms with Crippen LogP contribution in [0.5, 0.6) is 0 Å². The number of hydrogen-bond acceptors (Lipinski definition) is 5. The Hall–Kier alpha value is -1.06. The second-order valence-electron chi connectivity index (χ2n) is 4.49. The summed E-state index contributed by atoms with van der Waals surface area (Å²) in [6, 6.07) is 5.48. The summed E-state index contributed by atoms with van der Waals surface area (Å²) in [6.45, 7) is 0.244. The minimum absolute atomic E-state index is 0.0222. The highest BCUT2D eigenvalue weighted by molar-refractivity contribution is 9.10. The average molecular weight is 393 g/mol. The van der Waals surface area contributed by atoms with Crippen LogP contribution < -0.4 is 0 Å². The maximum Gasteiger partial charge on any atom is 0.313 e. The lowest BCUT2D eigenvalue weighted by atomic mass is 10.3. The van der Waals surface area contributed by atoms with Gasteiger partial charge >= 0.3 is 5.97 Å². The van der Waals surface area contributed by atoms with E-state index in [1.54, 1.807) is 10.6 Å². The van der Waals surface area contributed by atoms with Crippen molar-refractivity contribution in [2.75, 3.05) is 17.8 Å². The lowest BCUT2D eigenvalue weighted by Gasteiger charge is -2.07. The number of halogens is 1. The fourth-order valence-electron chi connectivity index (χ4n) is 1.78. The number of carboxylic acids is 1. The minimum Gasteiger partial charge on any atom is -0.481 e. The Bertz CT molecular complexity index is 786. The maximum atomic E-state index is 11.4. The van der Waals surface area contributed by atoms with Gasteiger partial charge in [0.1, 0.15) is 9.84 Å². The lowest BCUT2D eigenvalue weighted by Crippen LogP contribution is -2.12. The lowest BCUT2D eigenvalue weighted by molar-refractivity contribution is -0.133. The van der Waals surface area contributed by atoms with Gasteiger partial charge in [-0.1, -0.05) is 27.7 Å². The van der Waals surface area contributed by atoms with Crippen molar-refractivity contribution < 1.29 is 18.3 Å². The second-order valence-corrected chi connectivity index (χ2v) is 8.61. The number of aromatic nitrogens is 2.